The van der Waals surface area contributed by atoms with E-state index in [-0.39, 0.29) is 0 Å². The molecule has 5 nitrogen and oxygen atoms in total. The molecule has 0 aromatic carbocycles. The first-order chi connectivity index (χ1) is 10.7. The van der Waals surface area contributed by atoms with Crippen LogP contribution in [0.1, 0.15) is 64.6 Å². The van der Waals surface area contributed by atoms with Gasteiger partial charge in [-0.05, 0) is 39.5 Å². The molecule has 22 heavy (non-hydrogen) atoms. The lowest BCUT2D eigenvalue weighted by molar-refractivity contribution is 0.0787. The topological polar surface area (TPSA) is 56.3 Å². The van der Waals surface area contributed by atoms with Crippen LogP contribution < -0.4 is 10.1 Å². The first-order valence-corrected chi connectivity index (χ1v) is 8.56. The third-order valence-electron chi connectivity index (χ3n) is 3.49. The second-order valence-corrected chi connectivity index (χ2v) is 6.13. The Bertz CT molecular complexity index is 448. The lowest BCUT2D eigenvalue weighted by Crippen LogP contribution is -2.11. The molecule has 1 aromatic heterocycles. The van der Waals surface area contributed by atoms with Crippen LogP contribution in [0.15, 0.2) is 6.07 Å². The Morgan fingerprint density at radius 1 is 1.23 bits per heavy atom. The van der Waals surface area contributed by atoms with E-state index in [9.17, 15) is 0 Å². The maximum absolute atomic E-state index is 5.75. The minimum absolute atomic E-state index is 0.291. The molecule has 1 N–H and O–H groups in total. The Labute approximate surface area is 133 Å². The van der Waals surface area contributed by atoms with Crippen LogP contribution in [0.5, 0.6) is 5.88 Å². The van der Waals surface area contributed by atoms with Gasteiger partial charge in [0.15, 0.2) is 0 Å². The lowest BCUT2D eigenvalue weighted by Gasteiger charge is -2.11. The fourth-order valence-electron chi connectivity index (χ4n) is 2.06. The lowest BCUT2D eigenvalue weighted by atomic mass is 10.3. The summed E-state index contributed by atoms with van der Waals surface area (Å²) in [7, 11) is 0. The minimum Gasteiger partial charge on any atom is -0.478 e. The number of unbranched alkanes of at least 4 members (excludes halogenated alkanes) is 1. The standard InChI is InChI=1S/C17H29N3O2/c1-4-5-10-22-16-12-15(18-9-6-11-21-13(2)3)19-17(20-16)14-7-8-14/h12-14H,4-11H2,1-3H3,(H,18,19,20). The van der Waals surface area contributed by atoms with Crippen molar-refractivity contribution in [1.82, 2.24) is 9.97 Å². The minimum atomic E-state index is 0.291. The molecule has 1 heterocycles. The first kappa shape index (κ1) is 17.0. The number of ether oxygens (including phenoxy) is 2. The maximum Gasteiger partial charge on any atom is 0.218 e. The smallest absolute Gasteiger partial charge is 0.218 e. The van der Waals surface area contributed by atoms with Crippen molar-refractivity contribution in [2.24, 2.45) is 0 Å². The van der Waals surface area contributed by atoms with Gasteiger partial charge < -0.3 is 14.8 Å². The summed E-state index contributed by atoms with van der Waals surface area (Å²) in [5, 5.41) is 3.36. The van der Waals surface area contributed by atoms with Crippen molar-refractivity contribution in [2.45, 2.75) is 64.9 Å². The van der Waals surface area contributed by atoms with Crippen LogP contribution in [0.4, 0.5) is 5.82 Å². The molecule has 1 fully saturated rings. The predicted octanol–water partition coefficient (Wildman–Crippen LogP) is 3.76. The van der Waals surface area contributed by atoms with Crippen LogP contribution in [-0.2, 0) is 4.74 Å². The molecule has 0 amide bonds. The molecular formula is C17H29N3O2. The van der Waals surface area contributed by atoms with Gasteiger partial charge in [-0.15, -0.1) is 0 Å². The van der Waals surface area contributed by atoms with E-state index in [0.717, 1.165) is 50.7 Å². The molecule has 0 radical (unpaired) electrons. The highest BCUT2D eigenvalue weighted by atomic mass is 16.5. The van der Waals surface area contributed by atoms with Gasteiger partial charge in [0.2, 0.25) is 5.88 Å². The van der Waals surface area contributed by atoms with Gasteiger partial charge in [-0.25, -0.2) is 4.98 Å². The van der Waals surface area contributed by atoms with Gasteiger partial charge >= 0.3 is 0 Å². The number of rotatable bonds is 11. The summed E-state index contributed by atoms with van der Waals surface area (Å²) in [4.78, 5) is 9.15. The molecule has 1 aliphatic carbocycles. The average molecular weight is 307 g/mol. The van der Waals surface area contributed by atoms with Crippen LogP contribution in [0, 0.1) is 0 Å². The molecule has 0 saturated heterocycles. The van der Waals surface area contributed by atoms with Crippen LogP contribution >= 0.6 is 0 Å². The molecule has 124 valence electrons. The molecular weight excluding hydrogens is 278 g/mol. The fraction of sp³-hybridized carbons (Fsp3) is 0.765. The van der Waals surface area contributed by atoms with Crippen LogP contribution in [0.3, 0.4) is 0 Å². The summed E-state index contributed by atoms with van der Waals surface area (Å²) >= 11 is 0. The number of nitrogens with one attached hydrogen (secondary N) is 1. The van der Waals surface area contributed by atoms with Crippen LogP contribution in [0.2, 0.25) is 0 Å². The second kappa shape index (κ2) is 8.93. The summed E-state index contributed by atoms with van der Waals surface area (Å²) in [5.74, 6) is 3.02. The molecule has 1 aromatic rings. The zero-order chi connectivity index (χ0) is 15.8. The normalized spacial score (nSPS) is 14.4. The number of nitrogens with zero attached hydrogens (tertiary/aromatic N) is 2. The molecule has 0 atom stereocenters. The van der Waals surface area contributed by atoms with Gasteiger partial charge in [0.1, 0.15) is 11.6 Å². The first-order valence-electron chi connectivity index (χ1n) is 8.56. The van der Waals surface area contributed by atoms with Gasteiger partial charge in [0.05, 0.1) is 12.7 Å². The van der Waals surface area contributed by atoms with E-state index in [4.69, 9.17) is 9.47 Å². The van der Waals surface area contributed by atoms with Crippen LogP contribution in [-0.4, -0.2) is 35.8 Å². The van der Waals surface area contributed by atoms with Crippen molar-refractivity contribution < 1.29 is 9.47 Å². The molecule has 5 heteroatoms. The summed E-state index contributed by atoms with van der Waals surface area (Å²) in [6.07, 6.45) is 5.83. The van der Waals surface area contributed by atoms with Gasteiger partial charge in [0.25, 0.3) is 0 Å². The van der Waals surface area contributed by atoms with Crippen molar-refractivity contribution in [3.8, 4) is 5.88 Å². The van der Waals surface area contributed by atoms with E-state index in [1.54, 1.807) is 0 Å². The third kappa shape index (κ3) is 6.18. The summed E-state index contributed by atoms with van der Waals surface area (Å²) in [5.41, 5.74) is 0. The molecule has 2 rings (SSSR count). The van der Waals surface area contributed by atoms with Crippen molar-refractivity contribution in [3.05, 3.63) is 11.9 Å². The molecule has 1 aliphatic rings. The molecule has 0 unspecified atom stereocenters. The quantitative estimate of drug-likeness (QED) is 0.631. The van der Waals surface area contributed by atoms with E-state index in [0.29, 0.717) is 17.9 Å². The van der Waals surface area contributed by atoms with Crippen molar-refractivity contribution in [1.29, 1.82) is 0 Å². The Morgan fingerprint density at radius 3 is 2.73 bits per heavy atom. The predicted molar refractivity (Wildman–Crippen MR) is 88.6 cm³/mol. The molecule has 1 saturated carbocycles. The number of hydrogen-bond acceptors (Lipinski definition) is 5. The van der Waals surface area contributed by atoms with E-state index in [1.807, 2.05) is 6.07 Å². The third-order valence-corrected chi connectivity index (χ3v) is 3.49. The Morgan fingerprint density at radius 2 is 2.05 bits per heavy atom. The van der Waals surface area contributed by atoms with E-state index < -0.39 is 0 Å². The Balaban J connectivity index is 1.85. The number of anilines is 1. The summed E-state index contributed by atoms with van der Waals surface area (Å²) < 4.78 is 11.3. The molecule has 0 spiro atoms. The molecule has 0 aliphatic heterocycles. The summed E-state index contributed by atoms with van der Waals surface area (Å²) in [6, 6.07) is 1.91. The molecule has 0 bridgehead atoms. The highest BCUT2D eigenvalue weighted by Crippen LogP contribution is 2.39. The summed E-state index contributed by atoms with van der Waals surface area (Å²) in [6.45, 7) is 8.61. The highest BCUT2D eigenvalue weighted by molar-refractivity contribution is 5.39. The average Bonchev–Trinajstić information content (AvgIpc) is 3.31. The van der Waals surface area contributed by atoms with Crippen LogP contribution in [0.25, 0.3) is 0 Å². The second-order valence-electron chi connectivity index (χ2n) is 6.13. The monoisotopic (exact) mass is 307 g/mol. The van der Waals surface area contributed by atoms with Crippen molar-refractivity contribution in [3.63, 3.8) is 0 Å². The number of hydrogen-bond donors (Lipinski definition) is 1. The van der Waals surface area contributed by atoms with Gasteiger partial charge in [-0.3, -0.25) is 0 Å². The zero-order valence-electron chi connectivity index (χ0n) is 14.1. The van der Waals surface area contributed by atoms with E-state index in [2.05, 4.69) is 36.1 Å². The van der Waals surface area contributed by atoms with Crippen molar-refractivity contribution in [2.75, 3.05) is 25.1 Å². The SMILES string of the molecule is CCCCOc1cc(NCCCOC(C)C)nc(C2CC2)n1. The van der Waals surface area contributed by atoms with Gasteiger partial charge in [0, 0.05) is 25.1 Å². The highest BCUT2D eigenvalue weighted by Gasteiger charge is 2.27. The number of aromatic nitrogens is 2. The van der Waals surface area contributed by atoms with E-state index in [1.165, 1.54) is 12.8 Å². The Hall–Kier alpha value is -1.36. The van der Waals surface area contributed by atoms with E-state index >= 15 is 0 Å². The van der Waals surface area contributed by atoms with Gasteiger partial charge in [-0.2, -0.15) is 4.98 Å². The van der Waals surface area contributed by atoms with Crippen molar-refractivity contribution >= 4 is 5.82 Å². The zero-order valence-corrected chi connectivity index (χ0v) is 14.1. The van der Waals surface area contributed by atoms with Gasteiger partial charge in [-0.1, -0.05) is 13.3 Å². The fourth-order valence-corrected chi connectivity index (χ4v) is 2.06. The maximum atomic E-state index is 5.75. The Kier molecular flexibility index (Phi) is 6.90. The largest absolute Gasteiger partial charge is 0.478 e.